The Hall–Kier alpha value is -2.32. The van der Waals surface area contributed by atoms with Gasteiger partial charge in [-0.2, -0.15) is 0 Å². The van der Waals surface area contributed by atoms with Gasteiger partial charge in [-0.15, -0.1) is 0 Å². The number of hydrogen-bond acceptors (Lipinski definition) is 5. The highest BCUT2D eigenvalue weighted by Gasteiger charge is 2.37. The average Bonchev–Trinajstić information content (AvgIpc) is 2.61. The maximum atomic E-state index is 13.4. The van der Waals surface area contributed by atoms with Gasteiger partial charge < -0.3 is 9.53 Å². The minimum Gasteiger partial charge on any atom is -0.496 e. The second-order valence-corrected chi connectivity index (χ2v) is 8.56. The number of aldehydes is 1. The van der Waals surface area contributed by atoms with Crippen molar-refractivity contribution >= 4 is 16.1 Å². The number of hydrogen-bond donors (Lipinski definition) is 0. The first-order chi connectivity index (χ1) is 12.8. The van der Waals surface area contributed by atoms with Crippen molar-refractivity contribution in [1.82, 2.24) is 4.90 Å². The Kier molecular flexibility index (Phi) is 5.57. The van der Waals surface area contributed by atoms with Crippen molar-refractivity contribution < 1.29 is 26.7 Å². The van der Waals surface area contributed by atoms with E-state index in [1.54, 1.807) is 0 Å². The number of ether oxygens (including phenoxy) is 1. The van der Waals surface area contributed by atoms with E-state index in [9.17, 15) is 22.0 Å². The van der Waals surface area contributed by atoms with Gasteiger partial charge in [-0.25, -0.2) is 17.2 Å². The third kappa shape index (κ3) is 4.17. The number of rotatable bonds is 7. The second kappa shape index (κ2) is 7.74. The van der Waals surface area contributed by atoms with E-state index >= 15 is 0 Å². The van der Waals surface area contributed by atoms with Crippen LogP contribution >= 0.6 is 0 Å². The highest BCUT2D eigenvalue weighted by atomic mass is 32.2. The Labute approximate surface area is 156 Å². The first kappa shape index (κ1) is 19.4. The fraction of sp³-hybridized carbons (Fsp3) is 0.316. The normalized spacial score (nSPS) is 16.6. The number of carbonyl (C=O) groups excluding carboxylic acids is 1. The predicted molar refractivity (Wildman–Crippen MR) is 95.3 cm³/mol. The molecule has 1 unspecified atom stereocenters. The van der Waals surface area contributed by atoms with Crippen molar-refractivity contribution in [2.24, 2.45) is 5.92 Å². The van der Waals surface area contributed by atoms with E-state index in [2.05, 4.69) is 0 Å². The molecule has 1 saturated heterocycles. The Bertz CT molecular complexity index is 925. The highest BCUT2D eigenvalue weighted by molar-refractivity contribution is 7.91. The zero-order valence-electron chi connectivity index (χ0n) is 14.6. The zero-order chi connectivity index (χ0) is 19.6. The Morgan fingerprint density at radius 1 is 1.15 bits per heavy atom. The zero-order valence-corrected chi connectivity index (χ0v) is 15.5. The standard InChI is InChI=1S/C19H19F2NO4S/c1-26-19-8-15(21)4-7-17(19)18(11-23)22-9-13(10-22)12-27(24,25)16-5-2-14(20)3-6-16/h2-8,11,13,18H,9-10,12H2,1H3. The van der Waals surface area contributed by atoms with Crippen LogP contribution in [0, 0.1) is 17.6 Å². The molecule has 1 fully saturated rings. The summed E-state index contributed by atoms with van der Waals surface area (Å²) in [6.45, 7) is 0.814. The van der Waals surface area contributed by atoms with Crippen LogP contribution < -0.4 is 4.74 Å². The lowest BCUT2D eigenvalue weighted by molar-refractivity contribution is -0.115. The molecule has 0 spiro atoms. The highest BCUT2D eigenvalue weighted by Crippen LogP contribution is 2.34. The van der Waals surface area contributed by atoms with Gasteiger partial charge in [0, 0.05) is 24.7 Å². The van der Waals surface area contributed by atoms with Crippen LogP contribution in [0.3, 0.4) is 0 Å². The van der Waals surface area contributed by atoms with Gasteiger partial charge in [-0.05, 0) is 36.2 Å². The molecule has 0 bridgehead atoms. The predicted octanol–water partition coefficient (Wildman–Crippen LogP) is 2.62. The van der Waals surface area contributed by atoms with Crippen LogP contribution in [0.5, 0.6) is 5.75 Å². The number of carbonyl (C=O) groups is 1. The molecule has 1 aliphatic heterocycles. The summed E-state index contributed by atoms with van der Waals surface area (Å²) in [4.78, 5) is 13.5. The van der Waals surface area contributed by atoms with Gasteiger partial charge in [0.2, 0.25) is 0 Å². The van der Waals surface area contributed by atoms with Crippen molar-refractivity contribution in [3.63, 3.8) is 0 Å². The summed E-state index contributed by atoms with van der Waals surface area (Å²) in [7, 11) is -2.13. The van der Waals surface area contributed by atoms with E-state index in [1.165, 1.54) is 37.4 Å². The van der Waals surface area contributed by atoms with Crippen molar-refractivity contribution in [2.45, 2.75) is 10.9 Å². The summed E-state index contributed by atoms with van der Waals surface area (Å²) in [6, 6.07) is 8.05. The summed E-state index contributed by atoms with van der Waals surface area (Å²) in [5.74, 6) is -0.914. The molecule has 0 saturated carbocycles. The lowest BCUT2D eigenvalue weighted by Crippen LogP contribution is -2.51. The van der Waals surface area contributed by atoms with Crippen LogP contribution in [-0.2, 0) is 14.6 Å². The maximum Gasteiger partial charge on any atom is 0.178 e. The molecule has 27 heavy (non-hydrogen) atoms. The van der Waals surface area contributed by atoms with Crippen LogP contribution in [0.15, 0.2) is 47.4 Å². The smallest absolute Gasteiger partial charge is 0.178 e. The average molecular weight is 395 g/mol. The molecule has 8 heteroatoms. The third-order valence-corrected chi connectivity index (χ3v) is 6.55. The number of benzene rings is 2. The number of sulfone groups is 1. The largest absolute Gasteiger partial charge is 0.496 e. The minimum absolute atomic E-state index is 0.0782. The summed E-state index contributed by atoms with van der Waals surface area (Å²) >= 11 is 0. The molecular formula is C19H19F2NO4S. The van der Waals surface area contributed by atoms with Crippen LogP contribution in [0.25, 0.3) is 0 Å². The molecule has 3 rings (SSSR count). The maximum absolute atomic E-state index is 13.4. The van der Waals surface area contributed by atoms with E-state index in [-0.39, 0.29) is 22.3 Å². The third-order valence-electron chi connectivity index (χ3n) is 4.65. The van der Waals surface area contributed by atoms with E-state index in [1.807, 2.05) is 4.90 Å². The first-order valence-electron chi connectivity index (χ1n) is 8.35. The number of halogens is 2. The Morgan fingerprint density at radius 3 is 2.37 bits per heavy atom. The van der Waals surface area contributed by atoms with Gasteiger partial charge in [0.1, 0.15) is 23.7 Å². The molecule has 0 aromatic heterocycles. The fourth-order valence-electron chi connectivity index (χ4n) is 3.28. The van der Waals surface area contributed by atoms with Crippen molar-refractivity contribution in [3.8, 4) is 5.75 Å². The topological polar surface area (TPSA) is 63.7 Å². The van der Waals surface area contributed by atoms with E-state index in [0.717, 1.165) is 18.4 Å². The number of methoxy groups -OCH3 is 1. The van der Waals surface area contributed by atoms with Crippen molar-refractivity contribution in [1.29, 1.82) is 0 Å². The second-order valence-electron chi connectivity index (χ2n) is 6.52. The summed E-state index contributed by atoms with van der Waals surface area (Å²) in [5, 5.41) is 0. The molecule has 1 aliphatic rings. The number of nitrogens with zero attached hydrogens (tertiary/aromatic N) is 1. The molecule has 0 amide bonds. The Morgan fingerprint density at radius 2 is 1.78 bits per heavy atom. The fourth-order valence-corrected chi connectivity index (χ4v) is 4.85. The van der Waals surface area contributed by atoms with Gasteiger partial charge in [0.05, 0.1) is 23.8 Å². The molecule has 5 nitrogen and oxygen atoms in total. The van der Waals surface area contributed by atoms with Crippen LogP contribution in [0.1, 0.15) is 11.6 Å². The molecule has 2 aromatic rings. The lowest BCUT2D eigenvalue weighted by atomic mass is 9.96. The van der Waals surface area contributed by atoms with Gasteiger partial charge in [-0.3, -0.25) is 4.90 Å². The van der Waals surface area contributed by atoms with E-state index < -0.39 is 27.5 Å². The van der Waals surface area contributed by atoms with Crippen molar-refractivity contribution in [2.75, 3.05) is 26.0 Å². The van der Waals surface area contributed by atoms with Crippen LogP contribution in [-0.4, -0.2) is 45.6 Å². The Balaban J connectivity index is 1.67. The quantitative estimate of drug-likeness (QED) is 0.533. The van der Waals surface area contributed by atoms with Crippen molar-refractivity contribution in [3.05, 3.63) is 59.7 Å². The number of likely N-dealkylation sites (tertiary alicyclic amines) is 1. The molecule has 0 N–H and O–H groups in total. The van der Waals surface area contributed by atoms with E-state index in [0.29, 0.717) is 18.7 Å². The molecule has 1 atom stereocenters. The molecular weight excluding hydrogens is 376 g/mol. The monoisotopic (exact) mass is 395 g/mol. The molecule has 1 heterocycles. The van der Waals surface area contributed by atoms with Gasteiger partial charge in [0.25, 0.3) is 0 Å². The summed E-state index contributed by atoms with van der Waals surface area (Å²) in [6.07, 6.45) is 0.737. The summed E-state index contributed by atoms with van der Waals surface area (Å²) in [5.41, 5.74) is 0.536. The molecule has 2 aromatic carbocycles. The summed E-state index contributed by atoms with van der Waals surface area (Å²) < 4.78 is 56.3. The van der Waals surface area contributed by atoms with Gasteiger partial charge in [-0.1, -0.05) is 6.07 Å². The first-order valence-corrected chi connectivity index (χ1v) is 10.0. The molecule has 0 aliphatic carbocycles. The lowest BCUT2D eigenvalue weighted by Gasteiger charge is -2.42. The minimum atomic E-state index is -3.53. The SMILES string of the molecule is COc1cc(F)ccc1C(C=O)N1CC(CS(=O)(=O)c2ccc(F)cc2)C1. The van der Waals surface area contributed by atoms with Gasteiger partial charge >= 0.3 is 0 Å². The molecule has 0 radical (unpaired) electrons. The van der Waals surface area contributed by atoms with Crippen LogP contribution in [0.4, 0.5) is 8.78 Å². The van der Waals surface area contributed by atoms with E-state index in [4.69, 9.17) is 4.74 Å². The van der Waals surface area contributed by atoms with Gasteiger partial charge in [0.15, 0.2) is 9.84 Å². The van der Waals surface area contributed by atoms with Crippen LogP contribution in [0.2, 0.25) is 0 Å². The molecule has 144 valence electrons.